The van der Waals surface area contributed by atoms with Crippen LogP contribution in [0.3, 0.4) is 0 Å². The van der Waals surface area contributed by atoms with Gasteiger partial charge in [0.25, 0.3) is 0 Å². The van der Waals surface area contributed by atoms with Crippen LogP contribution < -0.4 is 3.73 Å². The van der Waals surface area contributed by atoms with Gasteiger partial charge in [-0.1, -0.05) is 0 Å². The molecule has 0 aromatic heterocycles. The zero-order chi connectivity index (χ0) is 10.6. The Kier molecular flexibility index (Phi) is 3.22. The molecule has 0 aliphatic rings. The number of benzene rings is 1. The second-order valence-electron chi connectivity index (χ2n) is 2.27. The number of hydrogen-bond donors (Lipinski definition) is 2. The summed E-state index contributed by atoms with van der Waals surface area (Å²) in [6.07, 6.45) is 0. The summed E-state index contributed by atoms with van der Waals surface area (Å²) in [5.41, 5.74) is 8.43. The molecule has 0 saturated carbocycles. The Hall–Kier alpha value is -1.39. The first-order valence-electron chi connectivity index (χ1n) is 3.41. The van der Waals surface area contributed by atoms with Crippen LogP contribution in [0.4, 0.5) is 5.69 Å². The Morgan fingerprint density at radius 3 is 2.36 bits per heavy atom. The van der Waals surface area contributed by atoms with Gasteiger partial charge in [-0.3, -0.25) is 0 Å². The van der Waals surface area contributed by atoms with Gasteiger partial charge >= 0.3 is 81.4 Å². The molecule has 14 heavy (non-hydrogen) atoms. The van der Waals surface area contributed by atoms with E-state index in [9.17, 15) is 3.74 Å². The van der Waals surface area contributed by atoms with E-state index in [4.69, 9.17) is 13.7 Å². The molecule has 0 atom stereocenters. The maximum atomic E-state index is 10.5. The first-order valence-corrected chi connectivity index (χ1v) is 6.62. The first-order chi connectivity index (χ1) is 6.51. The summed E-state index contributed by atoms with van der Waals surface area (Å²) in [5, 5.41) is 3.28. The number of nitrogens with zero attached hydrogens (tertiary/aromatic N) is 3. The van der Waals surface area contributed by atoms with Crippen molar-refractivity contribution in [3.8, 4) is 5.75 Å². The van der Waals surface area contributed by atoms with Crippen molar-refractivity contribution in [3.05, 3.63) is 34.7 Å². The fraction of sp³-hybridized carbons (Fsp3) is 0. The molecule has 1 aromatic carbocycles. The Morgan fingerprint density at radius 1 is 1.36 bits per heavy atom. The fourth-order valence-corrected chi connectivity index (χ4v) is 1.59. The minimum absolute atomic E-state index is 0.0365. The molecule has 0 saturated heterocycles. The molecule has 1 aromatic rings. The SMILES string of the molecule is [N-]=[N+]=Nc1ccc(O[As](=O)(O)O)cc1. The van der Waals surface area contributed by atoms with Crippen LogP contribution in [0.1, 0.15) is 0 Å². The van der Waals surface area contributed by atoms with Crippen LogP contribution in [-0.2, 0) is 3.74 Å². The number of hydrogen-bond acceptors (Lipinski definition) is 3. The molecule has 0 aliphatic heterocycles. The molecule has 8 heteroatoms. The molecule has 74 valence electrons. The van der Waals surface area contributed by atoms with E-state index < -0.39 is 14.5 Å². The van der Waals surface area contributed by atoms with Crippen molar-refractivity contribution in [2.75, 3.05) is 0 Å². The summed E-state index contributed by atoms with van der Waals surface area (Å²) < 4.78 is 31.8. The van der Waals surface area contributed by atoms with Crippen LogP contribution in [0.5, 0.6) is 5.75 Å². The molecular formula is C6H6AsN3O4. The fourth-order valence-electron chi connectivity index (χ4n) is 0.763. The molecular weight excluding hydrogens is 253 g/mol. The van der Waals surface area contributed by atoms with Gasteiger partial charge in [0.15, 0.2) is 0 Å². The zero-order valence-corrected chi connectivity index (χ0v) is 8.69. The van der Waals surface area contributed by atoms with Gasteiger partial charge in [0.05, 0.1) is 0 Å². The van der Waals surface area contributed by atoms with E-state index in [0.717, 1.165) is 0 Å². The van der Waals surface area contributed by atoms with Gasteiger partial charge in [-0.05, 0) is 0 Å². The molecule has 1 rings (SSSR count). The Labute approximate surface area is 81.9 Å². The van der Waals surface area contributed by atoms with E-state index in [-0.39, 0.29) is 5.75 Å². The van der Waals surface area contributed by atoms with Crippen LogP contribution in [0.25, 0.3) is 10.4 Å². The van der Waals surface area contributed by atoms with E-state index in [2.05, 4.69) is 13.8 Å². The molecule has 2 N–H and O–H groups in total. The van der Waals surface area contributed by atoms with E-state index in [0.29, 0.717) is 5.69 Å². The van der Waals surface area contributed by atoms with Crippen LogP contribution in [-0.4, -0.2) is 22.7 Å². The van der Waals surface area contributed by atoms with Gasteiger partial charge in [-0.25, -0.2) is 0 Å². The van der Waals surface area contributed by atoms with Crippen LogP contribution in [0.2, 0.25) is 0 Å². The predicted molar refractivity (Wildman–Crippen MR) is 46.8 cm³/mol. The standard InChI is InChI=1S/C6H6AsN3O4/c8-10-9-5-1-3-6(4-2-5)14-7(11,12)13/h1-4H,(H2,11,12,13). The second kappa shape index (κ2) is 4.21. The van der Waals surface area contributed by atoms with Crippen LogP contribution in [0, 0.1) is 0 Å². The van der Waals surface area contributed by atoms with Crippen molar-refractivity contribution in [2.24, 2.45) is 5.11 Å². The van der Waals surface area contributed by atoms with E-state index in [1.54, 1.807) is 0 Å². The molecule has 0 radical (unpaired) electrons. The molecule has 7 nitrogen and oxygen atoms in total. The summed E-state index contributed by atoms with van der Waals surface area (Å²) in [4.78, 5) is 2.54. The van der Waals surface area contributed by atoms with Crippen molar-refractivity contribution < 1.29 is 15.7 Å². The summed E-state index contributed by atoms with van der Waals surface area (Å²) in [5.74, 6) is 0.0365. The third kappa shape index (κ3) is 3.55. The molecule has 0 bridgehead atoms. The van der Waals surface area contributed by atoms with Gasteiger partial charge < -0.3 is 0 Å². The molecule has 0 spiro atoms. The van der Waals surface area contributed by atoms with Crippen LogP contribution in [0.15, 0.2) is 29.4 Å². The molecule has 0 aliphatic carbocycles. The number of rotatable bonds is 3. The molecule has 0 fully saturated rings. The normalized spacial score (nSPS) is 10.4. The van der Waals surface area contributed by atoms with Gasteiger partial charge in [0, 0.05) is 0 Å². The first kappa shape index (κ1) is 10.7. The average molecular weight is 259 g/mol. The van der Waals surface area contributed by atoms with Gasteiger partial charge in [-0.2, -0.15) is 0 Å². The summed E-state index contributed by atoms with van der Waals surface area (Å²) in [6, 6.07) is 5.40. The van der Waals surface area contributed by atoms with E-state index in [1.807, 2.05) is 0 Å². The molecule has 0 amide bonds. The Morgan fingerprint density at radius 2 is 1.93 bits per heavy atom. The van der Waals surface area contributed by atoms with Gasteiger partial charge in [-0.15, -0.1) is 0 Å². The quantitative estimate of drug-likeness (QED) is 0.362. The van der Waals surface area contributed by atoms with E-state index in [1.165, 1.54) is 24.3 Å². The Bertz CT molecular complexity index is 406. The van der Waals surface area contributed by atoms with Crippen molar-refractivity contribution in [1.82, 2.24) is 0 Å². The monoisotopic (exact) mass is 259 g/mol. The third-order valence-electron chi connectivity index (χ3n) is 1.22. The average Bonchev–Trinajstić information content (AvgIpc) is 2.06. The van der Waals surface area contributed by atoms with Gasteiger partial charge in [0.2, 0.25) is 0 Å². The predicted octanol–water partition coefficient (Wildman–Crippen LogP) is 0.858. The van der Waals surface area contributed by atoms with Crippen molar-refractivity contribution >= 4 is 20.2 Å². The summed E-state index contributed by atoms with van der Waals surface area (Å²) in [7, 11) is 0. The molecule has 0 heterocycles. The zero-order valence-electron chi connectivity index (χ0n) is 6.81. The minimum atomic E-state index is -5.10. The van der Waals surface area contributed by atoms with Crippen molar-refractivity contribution in [1.29, 1.82) is 0 Å². The Balaban J connectivity index is 2.84. The topological polar surface area (TPSA) is 116 Å². The summed E-state index contributed by atoms with van der Waals surface area (Å²) in [6.45, 7) is 0. The van der Waals surface area contributed by atoms with Gasteiger partial charge in [0.1, 0.15) is 0 Å². The maximum absolute atomic E-state index is 10.5. The summed E-state index contributed by atoms with van der Waals surface area (Å²) >= 11 is -5.10. The van der Waals surface area contributed by atoms with E-state index >= 15 is 0 Å². The van der Waals surface area contributed by atoms with Crippen molar-refractivity contribution in [3.63, 3.8) is 0 Å². The third-order valence-corrected chi connectivity index (χ3v) is 2.16. The van der Waals surface area contributed by atoms with Crippen molar-refractivity contribution in [2.45, 2.75) is 0 Å². The molecule has 0 unspecified atom stereocenters. The number of azide groups is 1. The van der Waals surface area contributed by atoms with Crippen LogP contribution >= 0.6 is 0 Å². The second-order valence-corrected chi connectivity index (χ2v) is 4.71.